The Bertz CT molecular complexity index is 1280. The van der Waals surface area contributed by atoms with Crippen LogP contribution in [0.15, 0.2) is 82.8 Å². The second-order valence-corrected chi connectivity index (χ2v) is 8.81. The highest BCUT2D eigenvalue weighted by atomic mass is 32.2. The Morgan fingerprint density at radius 2 is 1.88 bits per heavy atom. The van der Waals surface area contributed by atoms with Crippen LogP contribution in [0.5, 0.6) is 0 Å². The predicted octanol–water partition coefficient (Wildman–Crippen LogP) is 3.90. The molecule has 2 aliphatic heterocycles. The van der Waals surface area contributed by atoms with Crippen molar-refractivity contribution >= 4 is 34.7 Å². The van der Waals surface area contributed by atoms with Gasteiger partial charge >= 0.3 is 0 Å². The van der Waals surface area contributed by atoms with Gasteiger partial charge in [-0.15, -0.1) is 11.8 Å². The fourth-order valence-electron chi connectivity index (χ4n) is 4.35. The van der Waals surface area contributed by atoms with E-state index in [1.165, 1.54) is 10.5 Å². The largest absolute Gasteiger partial charge is 0.331 e. The van der Waals surface area contributed by atoms with E-state index >= 15 is 0 Å². The molecule has 0 bridgehead atoms. The molecule has 0 amide bonds. The number of hydrogen-bond donors (Lipinski definition) is 1. The van der Waals surface area contributed by atoms with Gasteiger partial charge in [0.25, 0.3) is 0 Å². The lowest BCUT2D eigenvalue weighted by Crippen LogP contribution is -2.57. The van der Waals surface area contributed by atoms with Gasteiger partial charge in [-0.25, -0.2) is 9.98 Å². The van der Waals surface area contributed by atoms with Crippen LogP contribution < -0.4 is 10.2 Å². The number of rotatable bonds is 4. The topological polar surface area (TPSA) is 61.6 Å². The van der Waals surface area contributed by atoms with Crippen molar-refractivity contribution in [3.63, 3.8) is 0 Å². The van der Waals surface area contributed by atoms with Crippen LogP contribution in [0, 0.1) is 0 Å². The van der Waals surface area contributed by atoms with Crippen LogP contribution in [0.2, 0.25) is 0 Å². The number of para-hydroxylation sites is 2. The van der Waals surface area contributed by atoms with Crippen molar-refractivity contribution in [1.82, 2.24) is 24.8 Å². The lowest BCUT2D eigenvalue weighted by molar-refractivity contribution is 0.261. The van der Waals surface area contributed by atoms with Crippen LogP contribution in [0.25, 0.3) is 11.0 Å². The molecule has 2 aromatic heterocycles. The van der Waals surface area contributed by atoms with E-state index in [1.54, 1.807) is 11.8 Å². The summed E-state index contributed by atoms with van der Waals surface area (Å²) in [5.74, 6) is 1.78. The number of nitrogens with one attached hydrogen (secondary N) is 1. The maximum atomic E-state index is 5.01. The Balaban J connectivity index is 1.41. The monoisotopic (exact) mass is 441 g/mol. The smallest absolute Gasteiger partial charge is 0.216 e. The number of aromatic nitrogens is 3. The Morgan fingerprint density at radius 1 is 1.03 bits per heavy atom. The molecule has 8 heteroatoms. The summed E-state index contributed by atoms with van der Waals surface area (Å²) >= 11 is 1.75. The molecule has 0 aliphatic carbocycles. The average Bonchev–Trinajstić information content (AvgIpc) is 3.24. The van der Waals surface area contributed by atoms with Crippen molar-refractivity contribution in [3.8, 4) is 0 Å². The maximum Gasteiger partial charge on any atom is 0.216 e. The van der Waals surface area contributed by atoms with Gasteiger partial charge < -0.3 is 5.32 Å². The molecule has 2 aliphatic rings. The number of pyridine rings is 1. The average molecular weight is 442 g/mol. The molecule has 4 aromatic rings. The highest BCUT2D eigenvalue weighted by Gasteiger charge is 2.35. The van der Waals surface area contributed by atoms with E-state index in [-0.39, 0.29) is 6.17 Å². The third kappa shape index (κ3) is 3.32. The molecule has 1 N–H and O–H groups in total. The molecule has 1 unspecified atom stereocenters. The Hall–Kier alpha value is -3.36. The number of hydrogen-bond acceptors (Lipinski definition) is 7. The summed E-state index contributed by atoms with van der Waals surface area (Å²) in [4.78, 5) is 20.1. The number of benzene rings is 2. The molecule has 4 heterocycles. The van der Waals surface area contributed by atoms with Crippen LogP contribution in [0.4, 0.5) is 5.95 Å². The Morgan fingerprint density at radius 3 is 2.69 bits per heavy atom. The van der Waals surface area contributed by atoms with Crippen molar-refractivity contribution in [2.75, 3.05) is 24.5 Å². The third-order valence-electron chi connectivity index (χ3n) is 5.90. The first-order valence-corrected chi connectivity index (χ1v) is 11.8. The lowest BCUT2D eigenvalue weighted by Gasteiger charge is -2.41. The zero-order valence-corrected chi connectivity index (χ0v) is 18.5. The van der Waals surface area contributed by atoms with Gasteiger partial charge in [0.2, 0.25) is 11.9 Å². The number of fused-ring (bicyclic) bond motifs is 5. The summed E-state index contributed by atoms with van der Waals surface area (Å²) in [6, 6.07) is 23.0. The number of aliphatic imine (C=N–C) groups is 1. The Kier molecular flexibility index (Phi) is 4.81. The zero-order valence-electron chi connectivity index (χ0n) is 17.7. The van der Waals surface area contributed by atoms with Gasteiger partial charge in [-0.2, -0.15) is 0 Å². The molecule has 1 atom stereocenters. The van der Waals surface area contributed by atoms with E-state index in [0.29, 0.717) is 13.3 Å². The van der Waals surface area contributed by atoms with E-state index in [4.69, 9.17) is 9.98 Å². The third-order valence-corrected chi connectivity index (χ3v) is 6.65. The van der Waals surface area contributed by atoms with E-state index in [9.17, 15) is 0 Å². The van der Waals surface area contributed by atoms with Crippen molar-refractivity contribution in [2.45, 2.75) is 17.6 Å². The van der Waals surface area contributed by atoms with Gasteiger partial charge in [0.05, 0.1) is 30.1 Å². The fraction of sp³-hybridized carbons (Fsp3) is 0.208. The molecule has 0 radical (unpaired) electrons. The minimum atomic E-state index is -0.0642. The summed E-state index contributed by atoms with van der Waals surface area (Å²) < 4.78 is 2.28. The second kappa shape index (κ2) is 7.96. The number of guanidine groups is 1. The summed E-state index contributed by atoms with van der Waals surface area (Å²) in [5, 5.41) is 3.68. The van der Waals surface area contributed by atoms with Crippen molar-refractivity contribution in [1.29, 1.82) is 0 Å². The number of thioether (sulfide) groups is 1. The molecule has 32 heavy (non-hydrogen) atoms. The highest BCUT2D eigenvalue weighted by Crippen LogP contribution is 2.34. The van der Waals surface area contributed by atoms with Crippen molar-refractivity contribution < 1.29 is 0 Å². The quantitative estimate of drug-likeness (QED) is 0.485. The van der Waals surface area contributed by atoms with Crippen molar-refractivity contribution in [3.05, 3.63) is 84.2 Å². The molecule has 6 rings (SSSR count). The van der Waals surface area contributed by atoms with Gasteiger partial charge in [0, 0.05) is 17.6 Å². The van der Waals surface area contributed by atoms with Gasteiger partial charge in [-0.05, 0) is 48.2 Å². The molecular weight excluding hydrogens is 418 g/mol. The van der Waals surface area contributed by atoms with Crippen LogP contribution >= 0.6 is 11.8 Å². The van der Waals surface area contributed by atoms with Gasteiger partial charge in [0.15, 0.2) is 0 Å². The SMILES string of the molecule is CSc1ccc(C2NC3=NCN(Cc4ccccn4)CN3c3nc4ccccc4n32)cc1. The van der Waals surface area contributed by atoms with Crippen LogP contribution in [-0.4, -0.2) is 45.0 Å². The predicted molar refractivity (Wildman–Crippen MR) is 129 cm³/mol. The first-order valence-electron chi connectivity index (χ1n) is 10.6. The molecule has 0 fully saturated rings. The first-order chi connectivity index (χ1) is 15.8. The number of anilines is 1. The molecular formula is C24H23N7S. The molecule has 160 valence electrons. The first kappa shape index (κ1) is 19.3. The lowest BCUT2D eigenvalue weighted by atomic mass is 10.1. The summed E-state index contributed by atoms with van der Waals surface area (Å²) in [6.45, 7) is 2.06. The van der Waals surface area contributed by atoms with Gasteiger partial charge in [0.1, 0.15) is 6.17 Å². The van der Waals surface area contributed by atoms with Crippen molar-refractivity contribution in [2.24, 2.45) is 4.99 Å². The fourth-order valence-corrected chi connectivity index (χ4v) is 4.76. The zero-order chi connectivity index (χ0) is 21.5. The summed E-state index contributed by atoms with van der Waals surface area (Å²) in [5.41, 5.74) is 4.31. The van der Waals surface area contributed by atoms with Crippen LogP contribution in [-0.2, 0) is 6.54 Å². The van der Waals surface area contributed by atoms with Gasteiger partial charge in [-0.1, -0.05) is 30.3 Å². The van der Waals surface area contributed by atoms with Crippen LogP contribution in [0.1, 0.15) is 17.4 Å². The highest BCUT2D eigenvalue weighted by molar-refractivity contribution is 7.98. The standard InChI is InChI=1S/C24H23N7S/c1-32-19-11-9-17(10-12-19)22-28-23-26-15-29(14-18-6-4-5-13-25-18)16-30(23)24-27-20-7-2-3-8-21(20)31(22)24/h2-13,22H,14-16H2,1H3,(H,26,28). The van der Waals surface area contributed by atoms with E-state index in [0.717, 1.165) is 35.2 Å². The maximum absolute atomic E-state index is 5.01. The van der Waals surface area contributed by atoms with E-state index in [2.05, 4.69) is 79.5 Å². The van der Waals surface area contributed by atoms with Gasteiger partial charge in [-0.3, -0.25) is 19.4 Å². The normalized spacial score (nSPS) is 18.1. The molecule has 0 spiro atoms. The summed E-state index contributed by atoms with van der Waals surface area (Å²) in [6.07, 6.45) is 3.87. The minimum Gasteiger partial charge on any atom is -0.331 e. The second-order valence-electron chi connectivity index (χ2n) is 7.93. The number of imidazole rings is 1. The Labute approximate surface area is 190 Å². The molecule has 0 saturated carbocycles. The minimum absolute atomic E-state index is 0.0642. The number of nitrogens with zero attached hydrogens (tertiary/aromatic N) is 6. The molecule has 2 aromatic carbocycles. The van der Waals surface area contributed by atoms with E-state index in [1.807, 2.05) is 24.4 Å². The van der Waals surface area contributed by atoms with Crippen LogP contribution in [0.3, 0.4) is 0 Å². The molecule has 0 saturated heterocycles. The van der Waals surface area contributed by atoms with E-state index < -0.39 is 0 Å². The molecule has 7 nitrogen and oxygen atoms in total. The summed E-state index contributed by atoms with van der Waals surface area (Å²) in [7, 11) is 0.